The zero-order valence-corrected chi connectivity index (χ0v) is 10.3. The number of amidine groups is 1. The summed E-state index contributed by atoms with van der Waals surface area (Å²) in [4.78, 5) is 14.0. The first-order valence-corrected chi connectivity index (χ1v) is 5.97. The van der Waals surface area contributed by atoms with Crippen LogP contribution in [0.2, 0.25) is 0 Å². The summed E-state index contributed by atoms with van der Waals surface area (Å²) in [5.41, 5.74) is 6.15. The summed E-state index contributed by atoms with van der Waals surface area (Å²) in [5, 5.41) is 11.8. The van der Waals surface area contributed by atoms with Crippen LogP contribution in [0.1, 0.15) is 35.4 Å². The number of furan rings is 1. The van der Waals surface area contributed by atoms with Crippen LogP contribution in [-0.4, -0.2) is 34.4 Å². The first kappa shape index (κ1) is 12.5. The van der Waals surface area contributed by atoms with Gasteiger partial charge in [-0.05, 0) is 32.3 Å². The van der Waals surface area contributed by atoms with E-state index in [2.05, 4.69) is 5.16 Å². The maximum atomic E-state index is 12.3. The fraction of sp³-hybridized carbons (Fsp3) is 0.500. The molecule has 1 aromatic heterocycles. The molecule has 1 aliphatic heterocycles. The Kier molecular flexibility index (Phi) is 3.55. The molecule has 6 heteroatoms. The number of nitrogens with zero attached hydrogens (tertiary/aromatic N) is 2. The number of hydrogen-bond acceptors (Lipinski definition) is 4. The molecule has 1 unspecified atom stereocenters. The number of aryl methyl sites for hydroxylation is 1. The van der Waals surface area contributed by atoms with Gasteiger partial charge in [-0.15, -0.1) is 0 Å². The fourth-order valence-corrected chi connectivity index (χ4v) is 2.27. The predicted molar refractivity (Wildman–Crippen MR) is 65.5 cm³/mol. The van der Waals surface area contributed by atoms with Crippen LogP contribution in [0.4, 0.5) is 0 Å². The molecule has 1 saturated heterocycles. The Morgan fingerprint density at radius 3 is 3.00 bits per heavy atom. The smallest absolute Gasteiger partial charge is 0.257 e. The quantitative estimate of drug-likeness (QED) is 0.359. The van der Waals surface area contributed by atoms with Gasteiger partial charge in [-0.1, -0.05) is 5.16 Å². The second-order valence-corrected chi connectivity index (χ2v) is 4.48. The molecular weight excluding hydrogens is 234 g/mol. The third-order valence-electron chi connectivity index (χ3n) is 3.20. The molecule has 3 N–H and O–H groups in total. The lowest BCUT2D eigenvalue weighted by molar-refractivity contribution is 0.0676. The van der Waals surface area contributed by atoms with Gasteiger partial charge in [0.05, 0.1) is 11.6 Å². The van der Waals surface area contributed by atoms with E-state index in [1.807, 2.05) is 0 Å². The summed E-state index contributed by atoms with van der Waals surface area (Å²) in [6.45, 7) is 2.40. The molecule has 2 heterocycles. The fourth-order valence-electron chi connectivity index (χ4n) is 2.27. The van der Waals surface area contributed by atoms with E-state index in [0.717, 1.165) is 19.3 Å². The van der Waals surface area contributed by atoms with Crippen molar-refractivity contribution in [3.8, 4) is 0 Å². The number of amides is 1. The Balaban J connectivity index is 2.21. The summed E-state index contributed by atoms with van der Waals surface area (Å²) in [6, 6.07) is 1.37. The largest absolute Gasteiger partial charge is 0.469 e. The lowest BCUT2D eigenvalue weighted by atomic mass is 10.0. The van der Waals surface area contributed by atoms with Gasteiger partial charge in [0.1, 0.15) is 12.0 Å². The Bertz CT molecular complexity index is 467. The number of rotatable bonds is 2. The lowest BCUT2D eigenvalue weighted by Gasteiger charge is -2.34. The Morgan fingerprint density at radius 2 is 2.39 bits per heavy atom. The predicted octanol–water partition coefficient (Wildman–Crippen LogP) is 1.33. The van der Waals surface area contributed by atoms with Gasteiger partial charge >= 0.3 is 0 Å². The van der Waals surface area contributed by atoms with Crippen molar-refractivity contribution in [1.29, 1.82) is 0 Å². The third-order valence-corrected chi connectivity index (χ3v) is 3.20. The Labute approximate surface area is 105 Å². The second-order valence-electron chi connectivity index (χ2n) is 4.48. The first-order valence-electron chi connectivity index (χ1n) is 5.97. The van der Waals surface area contributed by atoms with Crippen molar-refractivity contribution in [2.24, 2.45) is 10.9 Å². The summed E-state index contributed by atoms with van der Waals surface area (Å²) in [5.74, 6) is 0.641. The van der Waals surface area contributed by atoms with Crippen LogP contribution < -0.4 is 5.73 Å². The average Bonchev–Trinajstić information content (AvgIpc) is 2.83. The van der Waals surface area contributed by atoms with Crippen LogP contribution in [0.25, 0.3) is 0 Å². The van der Waals surface area contributed by atoms with E-state index in [0.29, 0.717) is 17.9 Å². The number of likely N-dealkylation sites (tertiary alicyclic amines) is 1. The van der Waals surface area contributed by atoms with Gasteiger partial charge in [0.25, 0.3) is 5.91 Å². The molecule has 2 rings (SSSR count). The maximum absolute atomic E-state index is 12.3. The highest BCUT2D eigenvalue weighted by Crippen LogP contribution is 2.20. The van der Waals surface area contributed by atoms with E-state index < -0.39 is 0 Å². The van der Waals surface area contributed by atoms with Crippen molar-refractivity contribution in [2.75, 3.05) is 6.54 Å². The number of carbonyl (C=O) groups is 1. The van der Waals surface area contributed by atoms with Crippen LogP contribution in [-0.2, 0) is 0 Å². The lowest BCUT2D eigenvalue weighted by Crippen LogP contribution is -2.50. The summed E-state index contributed by atoms with van der Waals surface area (Å²) >= 11 is 0. The van der Waals surface area contributed by atoms with E-state index in [1.54, 1.807) is 17.9 Å². The van der Waals surface area contributed by atoms with Crippen LogP contribution in [0.5, 0.6) is 0 Å². The number of hydrogen-bond donors (Lipinski definition) is 2. The molecule has 0 aromatic carbocycles. The van der Waals surface area contributed by atoms with Gasteiger partial charge in [-0.2, -0.15) is 0 Å². The molecule has 0 spiro atoms. The SMILES string of the molecule is Cc1cc(C(=O)N2CCCCC2C(N)=NO)co1. The zero-order chi connectivity index (χ0) is 13.1. The van der Waals surface area contributed by atoms with Crippen LogP contribution in [0.15, 0.2) is 21.9 Å². The van der Waals surface area contributed by atoms with Crippen LogP contribution in [0, 0.1) is 6.92 Å². The molecule has 18 heavy (non-hydrogen) atoms. The molecule has 1 atom stereocenters. The van der Waals surface area contributed by atoms with Crippen molar-refractivity contribution in [2.45, 2.75) is 32.2 Å². The Hall–Kier alpha value is -1.98. The van der Waals surface area contributed by atoms with Crippen molar-refractivity contribution >= 4 is 11.7 Å². The van der Waals surface area contributed by atoms with Crippen LogP contribution >= 0.6 is 0 Å². The zero-order valence-electron chi connectivity index (χ0n) is 10.3. The first-order chi connectivity index (χ1) is 8.63. The van der Waals surface area contributed by atoms with Crippen molar-refractivity contribution < 1.29 is 14.4 Å². The van der Waals surface area contributed by atoms with E-state index in [9.17, 15) is 4.79 Å². The van der Waals surface area contributed by atoms with Gasteiger partial charge in [-0.3, -0.25) is 4.79 Å². The van der Waals surface area contributed by atoms with Crippen molar-refractivity contribution in [1.82, 2.24) is 4.90 Å². The number of oxime groups is 1. The van der Waals surface area contributed by atoms with Gasteiger partial charge in [0.15, 0.2) is 5.84 Å². The number of piperidine rings is 1. The Morgan fingerprint density at radius 1 is 1.61 bits per heavy atom. The molecule has 0 bridgehead atoms. The van der Waals surface area contributed by atoms with Gasteiger partial charge in [0, 0.05) is 6.54 Å². The summed E-state index contributed by atoms with van der Waals surface area (Å²) in [6.07, 6.45) is 4.06. The summed E-state index contributed by atoms with van der Waals surface area (Å²) < 4.78 is 5.14. The molecule has 1 amide bonds. The highest BCUT2D eigenvalue weighted by molar-refractivity contribution is 5.98. The van der Waals surface area contributed by atoms with Crippen molar-refractivity contribution in [3.63, 3.8) is 0 Å². The minimum Gasteiger partial charge on any atom is -0.469 e. The molecule has 6 nitrogen and oxygen atoms in total. The average molecular weight is 251 g/mol. The molecular formula is C12H17N3O3. The third kappa shape index (κ3) is 2.32. The van der Waals surface area contributed by atoms with Crippen LogP contribution in [0.3, 0.4) is 0 Å². The molecule has 0 saturated carbocycles. The molecule has 0 aliphatic carbocycles. The van der Waals surface area contributed by atoms with Crippen molar-refractivity contribution in [3.05, 3.63) is 23.7 Å². The monoisotopic (exact) mass is 251 g/mol. The van der Waals surface area contributed by atoms with E-state index in [-0.39, 0.29) is 17.8 Å². The normalized spacial score (nSPS) is 21.1. The van der Waals surface area contributed by atoms with E-state index in [1.165, 1.54) is 6.26 Å². The molecule has 1 aliphatic rings. The molecule has 1 fully saturated rings. The van der Waals surface area contributed by atoms with Gasteiger partial charge in [-0.25, -0.2) is 0 Å². The number of carbonyl (C=O) groups excluding carboxylic acids is 1. The molecule has 0 radical (unpaired) electrons. The minimum atomic E-state index is -0.327. The van der Waals surface area contributed by atoms with E-state index in [4.69, 9.17) is 15.4 Å². The summed E-state index contributed by atoms with van der Waals surface area (Å²) in [7, 11) is 0. The highest BCUT2D eigenvalue weighted by Gasteiger charge is 2.30. The maximum Gasteiger partial charge on any atom is 0.257 e. The van der Waals surface area contributed by atoms with E-state index >= 15 is 0 Å². The van der Waals surface area contributed by atoms with Gasteiger partial charge in [0.2, 0.25) is 0 Å². The number of nitrogens with two attached hydrogens (primary N) is 1. The molecule has 98 valence electrons. The minimum absolute atomic E-state index is 0.0864. The second kappa shape index (κ2) is 5.12. The molecule has 1 aromatic rings. The van der Waals surface area contributed by atoms with Gasteiger partial charge < -0.3 is 20.3 Å². The topological polar surface area (TPSA) is 92.1 Å². The standard InChI is InChI=1S/C12H17N3O3/c1-8-6-9(7-18-8)12(16)15-5-3-2-4-10(15)11(13)14-17/h6-7,10,17H,2-5H2,1H3,(H2,13,14). The highest BCUT2D eigenvalue weighted by atomic mass is 16.4.